The second-order valence-corrected chi connectivity index (χ2v) is 3.34. The van der Waals surface area contributed by atoms with Gasteiger partial charge in [0.1, 0.15) is 6.42 Å². The molecule has 0 saturated heterocycles. The Labute approximate surface area is 99.2 Å². The minimum Gasteiger partial charge on any atom is -0.478 e. The van der Waals surface area contributed by atoms with Crippen molar-refractivity contribution in [2.45, 2.75) is 13.3 Å². The van der Waals surface area contributed by atoms with Crippen LogP contribution < -0.4 is 0 Å². The topological polar surface area (TPSA) is 63.6 Å². The van der Waals surface area contributed by atoms with Gasteiger partial charge in [0, 0.05) is 5.56 Å². The van der Waals surface area contributed by atoms with Gasteiger partial charge in [-0.25, -0.2) is 4.79 Å². The SMILES string of the molecule is COC(=O)CC#Cc1cccc(C(=O)O)c1C. The van der Waals surface area contributed by atoms with Crippen LogP contribution >= 0.6 is 0 Å². The molecule has 0 aromatic heterocycles. The van der Waals surface area contributed by atoms with E-state index < -0.39 is 11.9 Å². The summed E-state index contributed by atoms with van der Waals surface area (Å²) in [6.45, 7) is 1.69. The summed E-state index contributed by atoms with van der Waals surface area (Å²) in [7, 11) is 1.29. The zero-order valence-electron chi connectivity index (χ0n) is 9.61. The summed E-state index contributed by atoms with van der Waals surface area (Å²) in [4.78, 5) is 21.7. The van der Waals surface area contributed by atoms with Gasteiger partial charge < -0.3 is 9.84 Å². The van der Waals surface area contributed by atoms with E-state index in [0.717, 1.165) is 0 Å². The molecule has 0 saturated carbocycles. The van der Waals surface area contributed by atoms with Crippen LogP contribution in [0.4, 0.5) is 0 Å². The first-order valence-electron chi connectivity index (χ1n) is 4.95. The van der Waals surface area contributed by atoms with Crippen LogP contribution in [0.3, 0.4) is 0 Å². The van der Waals surface area contributed by atoms with Crippen molar-refractivity contribution in [1.29, 1.82) is 0 Å². The van der Waals surface area contributed by atoms with Crippen LogP contribution in [0.1, 0.15) is 27.9 Å². The number of carboxylic acids is 1. The number of methoxy groups -OCH3 is 1. The molecule has 0 atom stereocenters. The second kappa shape index (κ2) is 5.71. The molecule has 0 amide bonds. The van der Waals surface area contributed by atoms with Crippen molar-refractivity contribution in [2.75, 3.05) is 7.11 Å². The molecule has 0 aliphatic rings. The van der Waals surface area contributed by atoms with Gasteiger partial charge in [-0.2, -0.15) is 0 Å². The maximum Gasteiger partial charge on any atom is 0.335 e. The quantitative estimate of drug-likeness (QED) is 0.621. The second-order valence-electron chi connectivity index (χ2n) is 3.34. The first-order valence-corrected chi connectivity index (χ1v) is 4.95. The van der Waals surface area contributed by atoms with E-state index in [1.807, 2.05) is 0 Å². The Morgan fingerprint density at radius 2 is 2.12 bits per heavy atom. The molecule has 0 heterocycles. The lowest BCUT2D eigenvalue weighted by Crippen LogP contribution is -2.01. The molecule has 0 aliphatic heterocycles. The average Bonchev–Trinajstić information content (AvgIpc) is 2.30. The highest BCUT2D eigenvalue weighted by Gasteiger charge is 2.08. The Morgan fingerprint density at radius 3 is 2.71 bits per heavy atom. The van der Waals surface area contributed by atoms with Gasteiger partial charge in [-0.05, 0) is 24.6 Å². The van der Waals surface area contributed by atoms with Crippen molar-refractivity contribution in [3.05, 3.63) is 34.9 Å². The molecule has 4 nitrogen and oxygen atoms in total. The summed E-state index contributed by atoms with van der Waals surface area (Å²) in [5.74, 6) is 4.00. The Hall–Kier alpha value is -2.28. The molecule has 0 bridgehead atoms. The maximum atomic E-state index is 10.9. The van der Waals surface area contributed by atoms with Crippen LogP contribution in [0.25, 0.3) is 0 Å². The van der Waals surface area contributed by atoms with E-state index in [1.54, 1.807) is 19.1 Å². The minimum atomic E-state index is -0.987. The van der Waals surface area contributed by atoms with E-state index in [9.17, 15) is 9.59 Å². The highest BCUT2D eigenvalue weighted by molar-refractivity contribution is 5.90. The maximum absolute atomic E-state index is 10.9. The molecule has 1 aromatic carbocycles. The molecular formula is C13H12O4. The molecule has 1 N–H and O–H groups in total. The van der Waals surface area contributed by atoms with Gasteiger partial charge in [0.25, 0.3) is 0 Å². The first kappa shape index (κ1) is 12.8. The van der Waals surface area contributed by atoms with E-state index >= 15 is 0 Å². The van der Waals surface area contributed by atoms with E-state index in [-0.39, 0.29) is 12.0 Å². The van der Waals surface area contributed by atoms with Crippen LogP contribution in [0.5, 0.6) is 0 Å². The highest BCUT2D eigenvalue weighted by Crippen LogP contribution is 2.12. The van der Waals surface area contributed by atoms with Crippen LogP contribution in [-0.2, 0) is 9.53 Å². The third-order valence-corrected chi connectivity index (χ3v) is 2.25. The Bertz CT molecular complexity index is 506. The number of hydrogen-bond donors (Lipinski definition) is 1. The van der Waals surface area contributed by atoms with Gasteiger partial charge in [-0.3, -0.25) is 4.79 Å². The molecule has 17 heavy (non-hydrogen) atoms. The number of benzene rings is 1. The average molecular weight is 232 g/mol. The largest absolute Gasteiger partial charge is 0.478 e. The lowest BCUT2D eigenvalue weighted by atomic mass is 10.0. The fourth-order valence-electron chi connectivity index (χ4n) is 1.29. The van der Waals surface area contributed by atoms with Crippen molar-refractivity contribution in [3.8, 4) is 11.8 Å². The van der Waals surface area contributed by atoms with Gasteiger partial charge in [0.15, 0.2) is 0 Å². The van der Waals surface area contributed by atoms with E-state index in [0.29, 0.717) is 11.1 Å². The molecule has 0 spiro atoms. The number of rotatable bonds is 2. The highest BCUT2D eigenvalue weighted by atomic mass is 16.5. The number of carboxylic acid groups (broad SMARTS) is 1. The fourth-order valence-corrected chi connectivity index (χ4v) is 1.29. The number of aromatic carboxylic acids is 1. The van der Waals surface area contributed by atoms with E-state index in [2.05, 4.69) is 16.6 Å². The first-order chi connectivity index (χ1) is 8.06. The molecule has 0 aliphatic carbocycles. The molecule has 4 heteroatoms. The Morgan fingerprint density at radius 1 is 1.41 bits per heavy atom. The van der Waals surface area contributed by atoms with Gasteiger partial charge in [-0.15, -0.1) is 0 Å². The van der Waals surface area contributed by atoms with Crippen molar-refractivity contribution in [1.82, 2.24) is 0 Å². The molecule has 0 fully saturated rings. The van der Waals surface area contributed by atoms with Gasteiger partial charge in [0.05, 0.1) is 12.7 Å². The summed E-state index contributed by atoms with van der Waals surface area (Å²) in [5, 5.41) is 8.92. The summed E-state index contributed by atoms with van der Waals surface area (Å²) >= 11 is 0. The molecule has 1 aromatic rings. The third-order valence-electron chi connectivity index (χ3n) is 2.25. The lowest BCUT2D eigenvalue weighted by molar-refractivity contribution is -0.139. The fraction of sp³-hybridized carbons (Fsp3) is 0.231. The van der Waals surface area contributed by atoms with Crippen LogP contribution in [0.15, 0.2) is 18.2 Å². The molecule has 0 radical (unpaired) electrons. The molecule has 0 unspecified atom stereocenters. The number of carbonyl (C=O) groups is 2. The minimum absolute atomic E-state index is 0.00671. The zero-order chi connectivity index (χ0) is 12.8. The lowest BCUT2D eigenvalue weighted by Gasteiger charge is -2.02. The van der Waals surface area contributed by atoms with Gasteiger partial charge in [-0.1, -0.05) is 17.9 Å². The van der Waals surface area contributed by atoms with Crippen LogP contribution in [-0.4, -0.2) is 24.2 Å². The Balaban J connectivity index is 2.96. The normalized spacial score (nSPS) is 9.06. The standard InChI is InChI=1S/C13H12O4/c1-9-10(6-4-8-12(14)17-2)5-3-7-11(9)13(15)16/h3,5,7H,8H2,1-2H3,(H,15,16). The monoisotopic (exact) mass is 232 g/mol. The number of hydrogen-bond acceptors (Lipinski definition) is 3. The summed E-state index contributed by atoms with van der Waals surface area (Å²) < 4.78 is 4.44. The Kier molecular flexibility index (Phi) is 4.29. The number of carbonyl (C=O) groups excluding carboxylic acids is 1. The predicted molar refractivity (Wildman–Crippen MR) is 61.6 cm³/mol. The summed E-state index contributed by atoms with van der Waals surface area (Å²) in [6, 6.07) is 4.85. The van der Waals surface area contributed by atoms with Crippen molar-refractivity contribution in [3.63, 3.8) is 0 Å². The molecular weight excluding hydrogens is 220 g/mol. The van der Waals surface area contributed by atoms with Crippen molar-refractivity contribution in [2.24, 2.45) is 0 Å². The third kappa shape index (κ3) is 3.35. The molecule has 88 valence electrons. The van der Waals surface area contributed by atoms with Gasteiger partial charge >= 0.3 is 11.9 Å². The summed E-state index contributed by atoms with van der Waals surface area (Å²) in [6.07, 6.45) is -0.00671. The van der Waals surface area contributed by atoms with Crippen LogP contribution in [0, 0.1) is 18.8 Å². The predicted octanol–water partition coefficient (Wildman–Crippen LogP) is 1.61. The molecule has 1 rings (SSSR count). The zero-order valence-corrected chi connectivity index (χ0v) is 9.61. The number of esters is 1. The summed E-state index contributed by atoms with van der Waals surface area (Å²) in [5.41, 5.74) is 1.42. The van der Waals surface area contributed by atoms with Crippen LogP contribution in [0.2, 0.25) is 0 Å². The van der Waals surface area contributed by atoms with E-state index in [4.69, 9.17) is 5.11 Å². The number of ether oxygens (including phenoxy) is 1. The smallest absolute Gasteiger partial charge is 0.335 e. The van der Waals surface area contributed by atoms with E-state index in [1.165, 1.54) is 13.2 Å². The van der Waals surface area contributed by atoms with Crippen molar-refractivity contribution < 1.29 is 19.4 Å². The van der Waals surface area contributed by atoms with Crippen molar-refractivity contribution >= 4 is 11.9 Å². The van der Waals surface area contributed by atoms with Gasteiger partial charge in [0.2, 0.25) is 0 Å².